The Morgan fingerprint density at radius 2 is 2.08 bits per heavy atom. The molecule has 0 saturated carbocycles. The van der Waals surface area contributed by atoms with Crippen molar-refractivity contribution in [2.45, 2.75) is 12.8 Å². The van der Waals surface area contributed by atoms with Crippen LogP contribution in [-0.4, -0.2) is 35.4 Å². The van der Waals surface area contributed by atoms with Crippen molar-refractivity contribution < 1.29 is 24.5 Å². The average molecular weight is 188 g/mol. The summed E-state index contributed by atoms with van der Waals surface area (Å²) >= 11 is 0. The first-order chi connectivity index (χ1) is 6.11. The summed E-state index contributed by atoms with van der Waals surface area (Å²) in [6.45, 7) is 0.649. The van der Waals surface area contributed by atoms with Crippen LogP contribution >= 0.6 is 0 Å². The van der Waals surface area contributed by atoms with E-state index in [9.17, 15) is 9.59 Å². The van der Waals surface area contributed by atoms with E-state index in [1.165, 1.54) is 0 Å². The number of hydrogen-bond donors (Lipinski definition) is 2. The third kappa shape index (κ3) is 2.69. The Hall–Kier alpha value is -1.10. The van der Waals surface area contributed by atoms with Crippen molar-refractivity contribution in [3.63, 3.8) is 0 Å². The minimum Gasteiger partial charge on any atom is -0.481 e. The Kier molecular flexibility index (Phi) is 3.25. The summed E-state index contributed by atoms with van der Waals surface area (Å²) in [6, 6.07) is 0. The second-order valence-electron chi connectivity index (χ2n) is 3.17. The molecule has 5 heteroatoms. The van der Waals surface area contributed by atoms with Crippen LogP contribution < -0.4 is 0 Å². The molecule has 0 aromatic heterocycles. The number of ether oxygens (including phenoxy) is 1. The molecule has 2 unspecified atom stereocenters. The quantitative estimate of drug-likeness (QED) is 0.660. The van der Waals surface area contributed by atoms with Gasteiger partial charge in [-0.05, 0) is 6.42 Å². The van der Waals surface area contributed by atoms with Gasteiger partial charge in [-0.25, -0.2) is 0 Å². The Labute approximate surface area is 75.3 Å². The molecule has 1 saturated heterocycles. The van der Waals surface area contributed by atoms with Crippen molar-refractivity contribution >= 4 is 11.9 Å². The number of hydrogen-bond acceptors (Lipinski definition) is 3. The van der Waals surface area contributed by atoms with Crippen LogP contribution in [0.15, 0.2) is 0 Å². The summed E-state index contributed by atoms with van der Waals surface area (Å²) in [7, 11) is 0. The SMILES string of the molecule is O=C(O)CC1COCCC1C(=O)O. The molecule has 74 valence electrons. The summed E-state index contributed by atoms with van der Waals surface area (Å²) in [5.74, 6) is -2.84. The molecule has 0 bridgehead atoms. The zero-order chi connectivity index (χ0) is 9.84. The largest absolute Gasteiger partial charge is 0.481 e. The third-order valence-electron chi connectivity index (χ3n) is 2.23. The van der Waals surface area contributed by atoms with Crippen molar-refractivity contribution in [1.29, 1.82) is 0 Å². The number of carbonyl (C=O) groups is 2. The summed E-state index contributed by atoms with van der Waals surface area (Å²) in [6.07, 6.45) is 0.282. The highest BCUT2D eigenvalue weighted by atomic mass is 16.5. The van der Waals surface area contributed by atoms with Gasteiger partial charge >= 0.3 is 11.9 Å². The predicted octanol–water partition coefficient (Wildman–Crippen LogP) is 0.198. The van der Waals surface area contributed by atoms with Crippen molar-refractivity contribution in [3.05, 3.63) is 0 Å². The fourth-order valence-electron chi connectivity index (χ4n) is 1.55. The van der Waals surface area contributed by atoms with E-state index >= 15 is 0 Å². The standard InChI is InChI=1S/C8H12O5/c9-7(10)3-5-4-13-2-1-6(5)8(11)12/h5-6H,1-4H2,(H,9,10)(H,11,12). The van der Waals surface area contributed by atoms with E-state index in [1.54, 1.807) is 0 Å². The summed E-state index contributed by atoms with van der Waals surface area (Å²) < 4.78 is 5.04. The molecule has 0 amide bonds. The van der Waals surface area contributed by atoms with Gasteiger partial charge in [-0.2, -0.15) is 0 Å². The topological polar surface area (TPSA) is 83.8 Å². The molecule has 0 aromatic carbocycles. The van der Waals surface area contributed by atoms with Crippen LogP contribution in [0.2, 0.25) is 0 Å². The minimum atomic E-state index is -0.971. The average Bonchev–Trinajstić information content (AvgIpc) is 2.03. The Morgan fingerprint density at radius 1 is 1.38 bits per heavy atom. The molecule has 0 radical (unpaired) electrons. The first-order valence-corrected chi connectivity index (χ1v) is 4.13. The van der Waals surface area contributed by atoms with Gasteiger partial charge in [0, 0.05) is 12.5 Å². The third-order valence-corrected chi connectivity index (χ3v) is 2.23. The first kappa shape index (κ1) is 9.98. The van der Waals surface area contributed by atoms with E-state index in [0.29, 0.717) is 13.0 Å². The molecular formula is C8H12O5. The van der Waals surface area contributed by atoms with E-state index in [4.69, 9.17) is 14.9 Å². The molecule has 1 aliphatic heterocycles. The molecule has 13 heavy (non-hydrogen) atoms. The second kappa shape index (κ2) is 4.23. The molecule has 2 N–H and O–H groups in total. The van der Waals surface area contributed by atoms with Gasteiger partial charge in [0.05, 0.1) is 18.9 Å². The van der Waals surface area contributed by atoms with Gasteiger partial charge in [0.1, 0.15) is 0 Å². The Balaban J connectivity index is 2.56. The van der Waals surface area contributed by atoms with Crippen LogP contribution in [-0.2, 0) is 14.3 Å². The Bertz CT molecular complexity index is 213. The normalized spacial score (nSPS) is 28.3. The van der Waals surface area contributed by atoms with Crippen LogP contribution in [0.4, 0.5) is 0 Å². The van der Waals surface area contributed by atoms with Crippen molar-refractivity contribution in [2.75, 3.05) is 13.2 Å². The molecular weight excluding hydrogens is 176 g/mol. The lowest BCUT2D eigenvalue weighted by Gasteiger charge is -2.27. The predicted molar refractivity (Wildman–Crippen MR) is 42.3 cm³/mol. The maximum Gasteiger partial charge on any atom is 0.306 e. The number of rotatable bonds is 3. The summed E-state index contributed by atoms with van der Waals surface area (Å²) in [5.41, 5.74) is 0. The summed E-state index contributed by atoms with van der Waals surface area (Å²) in [5, 5.41) is 17.3. The molecule has 1 rings (SSSR count). The fourth-order valence-corrected chi connectivity index (χ4v) is 1.55. The van der Waals surface area contributed by atoms with E-state index in [0.717, 1.165) is 0 Å². The maximum absolute atomic E-state index is 10.7. The van der Waals surface area contributed by atoms with Gasteiger partial charge in [0.15, 0.2) is 0 Å². The molecule has 1 fully saturated rings. The highest BCUT2D eigenvalue weighted by Crippen LogP contribution is 2.24. The minimum absolute atomic E-state index is 0.128. The molecule has 5 nitrogen and oxygen atoms in total. The van der Waals surface area contributed by atoms with Crippen LogP contribution in [0.3, 0.4) is 0 Å². The van der Waals surface area contributed by atoms with Crippen LogP contribution in [0.25, 0.3) is 0 Å². The number of carboxylic acid groups (broad SMARTS) is 2. The van der Waals surface area contributed by atoms with Gasteiger partial charge in [-0.15, -0.1) is 0 Å². The van der Waals surface area contributed by atoms with Gasteiger partial charge < -0.3 is 14.9 Å². The molecule has 1 aliphatic rings. The second-order valence-corrected chi connectivity index (χ2v) is 3.17. The van der Waals surface area contributed by atoms with Crippen molar-refractivity contribution in [2.24, 2.45) is 11.8 Å². The first-order valence-electron chi connectivity index (χ1n) is 4.13. The van der Waals surface area contributed by atoms with E-state index in [1.807, 2.05) is 0 Å². The van der Waals surface area contributed by atoms with Crippen molar-refractivity contribution in [1.82, 2.24) is 0 Å². The molecule has 1 heterocycles. The Morgan fingerprint density at radius 3 is 2.62 bits per heavy atom. The fraction of sp³-hybridized carbons (Fsp3) is 0.750. The summed E-state index contributed by atoms with van der Waals surface area (Å²) in [4.78, 5) is 21.1. The van der Waals surface area contributed by atoms with Crippen LogP contribution in [0.1, 0.15) is 12.8 Å². The van der Waals surface area contributed by atoms with Crippen LogP contribution in [0.5, 0.6) is 0 Å². The van der Waals surface area contributed by atoms with Gasteiger partial charge in [0.2, 0.25) is 0 Å². The van der Waals surface area contributed by atoms with E-state index < -0.39 is 17.9 Å². The highest BCUT2D eigenvalue weighted by molar-refractivity contribution is 5.73. The van der Waals surface area contributed by atoms with E-state index in [2.05, 4.69) is 0 Å². The number of carboxylic acids is 2. The monoisotopic (exact) mass is 188 g/mol. The lowest BCUT2D eigenvalue weighted by Crippen LogP contribution is -2.34. The highest BCUT2D eigenvalue weighted by Gasteiger charge is 2.32. The van der Waals surface area contributed by atoms with Gasteiger partial charge in [-0.3, -0.25) is 9.59 Å². The zero-order valence-electron chi connectivity index (χ0n) is 7.10. The molecule has 2 atom stereocenters. The van der Waals surface area contributed by atoms with Crippen LogP contribution in [0, 0.1) is 11.8 Å². The number of aliphatic carboxylic acids is 2. The lowest BCUT2D eigenvalue weighted by atomic mass is 9.86. The lowest BCUT2D eigenvalue weighted by molar-refractivity contribution is -0.151. The molecule has 0 aliphatic carbocycles. The van der Waals surface area contributed by atoms with Gasteiger partial charge in [0.25, 0.3) is 0 Å². The molecule has 0 aromatic rings. The van der Waals surface area contributed by atoms with Gasteiger partial charge in [-0.1, -0.05) is 0 Å². The molecule has 0 spiro atoms. The van der Waals surface area contributed by atoms with Crippen molar-refractivity contribution in [3.8, 4) is 0 Å². The van der Waals surface area contributed by atoms with E-state index in [-0.39, 0.29) is 18.9 Å². The zero-order valence-corrected chi connectivity index (χ0v) is 7.10. The maximum atomic E-state index is 10.7. The smallest absolute Gasteiger partial charge is 0.306 e.